The number of nitrogens with two attached hydrogens (primary N) is 1. The second kappa shape index (κ2) is 15.9. The van der Waals surface area contributed by atoms with Crippen molar-refractivity contribution in [2.24, 2.45) is 11.7 Å². The summed E-state index contributed by atoms with van der Waals surface area (Å²) in [6, 6.07) is 11.6. The van der Waals surface area contributed by atoms with E-state index in [-0.39, 0.29) is 25.2 Å². The number of carbonyl (C=O) groups excluding carboxylic acids is 2. The second-order valence-corrected chi connectivity index (χ2v) is 8.32. The summed E-state index contributed by atoms with van der Waals surface area (Å²) >= 11 is 11.7. The smallest absolute Gasteiger partial charge is 0.309 e. The number of hydrogen-bond donors (Lipinski definition) is 1. The summed E-state index contributed by atoms with van der Waals surface area (Å²) in [5.74, 6) is -2.53. The topological polar surface area (TPSA) is 72.6 Å². The zero-order valence-corrected chi connectivity index (χ0v) is 20.8. The van der Waals surface area contributed by atoms with Gasteiger partial charge in [0.1, 0.15) is 5.82 Å². The number of rotatable bonds is 14. The zero-order chi connectivity index (χ0) is 28.5. The number of anilines is 1. The molecule has 0 saturated carbocycles. The maximum Gasteiger partial charge on any atom is 0.309 e. The Kier molecular flexibility index (Phi) is 10.6. The number of carbonyl (C=O) groups is 2. The molecule has 34 heavy (non-hydrogen) atoms. The molecule has 5 nitrogen and oxygen atoms in total. The van der Waals surface area contributed by atoms with Crippen LogP contribution < -0.4 is 10.6 Å². The van der Waals surface area contributed by atoms with E-state index in [1.165, 1.54) is 24.3 Å². The van der Waals surface area contributed by atoms with Gasteiger partial charge in [0.25, 0.3) is 0 Å². The normalized spacial score (nSPS) is 15.4. The molecular formula is C25H32Cl3FN2O3. The largest absolute Gasteiger partial charge is 0.466 e. The van der Waals surface area contributed by atoms with Gasteiger partial charge >= 0.3 is 5.97 Å². The molecule has 2 N–H and O–H groups in total. The molecule has 0 unspecified atom stereocenters. The van der Waals surface area contributed by atoms with Crippen molar-refractivity contribution in [2.75, 3.05) is 36.3 Å². The molecule has 0 aliphatic heterocycles. The molecule has 0 spiro atoms. The highest BCUT2D eigenvalue weighted by Gasteiger charge is 2.26. The number of esters is 1. The van der Waals surface area contributed by atoms with Crippen LogP contribution in [0.5, 0.6) is 0 Å². The Labute approximate surface area is 224 Å². The van der Waals surface area contributed by atoms with Gasteiger partial charge in [0, 0.05) is 41.1 Å². The maximum atomic E-state index is 13.3. The summed E-state index contributed by atoms with van der Waals surface area (Å²) in [6.45, 7) is -5.23. The Morgan fingerprint density at radius 2 is 1.62 bits per heavy atom. The lowest BCUT2D eigenvalue weighted by Gasteiger charge is -2.23. The predicted octanol–water partition coefficient (Wildman–Crippen LogP) is 4.78. The summed E-state index contributed by atoms with van der Waals surface area (Å²) in [7, 11) is 0. The number of hydrogen-bond acceptors (Lipinski definition) is 5. The average molecular weight is 539 g/mol. The van der Waals surface area contributed by atoms with Crippen LogP contribution in [0.1, 0.15) is 31.3 Å². The maximum absolute atomic E-state index is 13.3. The van der Waals surface area contributed by atoms with Gasteiger partial charge in [-0.2, -0.15) is 0 Å². The van der Waals surface area contributed by atoms with Gasteiger partial charge in [-0.05, 0) is 55.1 Å². The number of Topliss-reactive ketones (excluding diaryl/α,β-unsaturated/α-hetero) is 1. The number of ether oxygens (including phenoxy) is 1. The molecule has 2 atom stereocenters. The van der Waals surface area contributed by atoms with Crippen LogP contribution in [0.2, 0.25) is 0 Å². The third-order valence-corrected chi connectivity index (χ3v) is 5.55. The Bertz CT molecular complexity index is 1050. The molecule has 188 valence electrons. The Morgan fingerprint density at radius 3 is 2.18 bits per heavy atom. The Hall–Kier alpha value is -1.86. The van der Waals surface area contributed by atoms with Gasteiger partial charge in [-0.1, -0.05) is 24.3 Å². The molecule has 0 bridgehead atoms. The summed E-state index contributed by atoms with van der Waals surface area (Å²) in [6.07, 6.45) is -0.329. The number of benzene rings is 2. The first-order valence-corrected chi connectivity index (χ1v) is 11.6. The van der Waals surface area contributed by atoms with Crippen LogP contribution in [0, 0.1) is 11.7 Å². The third-order valence-electron chi connectivity index (χ3n) is 5.21. The van der Waals surface area contributed by atoms with E-state index in [4.69, 9.17) is 35.8 Å². The highest BCUT2D eigenvalue weighted by atomic mass is 35.5. The minimum Gasteiger partial charge on any atom is -0.466 e. The predicted molar refractivity (Wildman–Crippen MR) is 139 cm³/mol. The minimum absolute atomic E-state index is 0. The molecule has 0 fully saturated rings. The fourth-order valence-corrected chi connectivity index (χ4v) is 3.86. The molecular weight excluding hydrogens is 502 g/mol. The first kappa shape index (κ1) is 22.6. The highest BCUT2D eigenvalue weighted by molar-refractivity contribution is 6.18. The van der Waals surface area contributed by atoms with Crippen molar-refractivity contribution in [2.45, 2.75) is 32.2 Å². The fraction of sp³-hybridized carbons (Fsp3) is 0.440. The summed E-state index contributed by atoms with van der Waals surface area (Å²) in [5.41, 5.74) is 8.32. The standard InChI is InChI=1S/C25H31Cl2FN2O3.ClH/c1-2-33-25(32)20(15-18-3-7-21(28)8-4-18)17-24(31)23(29)16-19-5-9-22(10-6-19)30(13-11-26)14-12-27;/h3-10,20,23H,2,11-17,29H2,1H3;1H/t20-,23+;/m1./s1/i1D3,2D2;. The summed E-state index contributed by atoms with van der Waals surface area (Å²) in [4.78, 5) is 27.8. The van der Waals surface area contributed by atoms with Crippen LogP contribution in [0.15, 0.2) is 48.5 Å². The SMILES string of the molecule is Cl.[2H]C([2H])([2H])C([2H])([2H])OC(=O)[C@@H](CC(=O)[C@@H](N)Cc1ccc(N(CCCl)CCCl)cc1)Cc1ccc(F)cc1. The highest BCUT2D eigenvalue weighted by Crippen LogP contribution is 2.19. The lowest BCUT2D eigenvalue weighted by Crippen LogP contribution is -2.36. The van der Waals surface area contributed by atoms with E-state index in [9.17, 15) is 14.0 Å². The molecule has 9 heteroatoms. The summed E-state index contributed by atoms with van der Waals surface area (Å²) in [5, 5.41) is 0. The van der Waals surface area contributed by atoms with Gasteiger partial charge in [0.2, 0.25) is 0 Å². The van der Waals surface area contributed by atoms with Crippen molar-refractivity contribution in [1.29, 1.82) is 0 Å². The van der Waals surface area contributed by atoms with Gasteiger partial charge in [0.05, 0.1) is 21.3 Å². The van der Waals surface area contributed by atoms with E-state index in [1.807, 2.05) is 29.2 Å². The van der Waals surface area contributed by atoms with E-state index in [0.717, 1.165) is 11.3 Å². The van der Waals surface area contributed by atoms with Gasteiger partial charge in [0.15, 0.2) is 5.78 Å². The fourth-order valence-electron chi connectivity index (χ4n) is 3.46. The Balaban J connectivity index is 0.00000760. The Morgan fingerprint density at radius 1 is 1.06 bits per heavy atom. The quantitative estimate of drug-likeness (QED) is 0.277. The van der Waals surface area contributed by atoms with E-state index < -0.39 is 49.4 Å². The molecule has 2 aromatic carbocycles. The molecule has 0 aromatic heterocycles. The molecule has 0 amide bonds. The molecule has 0 aliphatic rings. The van der Waals surface area contributed by atoms with E-state index in [1.54, 1.807) is 0 Å². The molecule has 2 aromatic rings. The zero-order valence-electron chi connectivity index (χ0n) is 23.5. The van der Waals surface area contributed by atoms with E-state index in [2.05, 4.69) is 4.74 Å². The van der Waals surface area contributed by atoms with Crippen LogP contribution in [0.3, 0.4) is 0 Å². The van der Waals surface area contributed by atoms with Crippen molar-refractivity contribution in [3.8, 4) is 0 Å². The van der Waals surface area contributed by atoms with Gasteiger partial charge in [-0.15, -0.1) is 35.6 Å². The molecule has 2 rings (SSSR count). The molecule has 0 radical (unpaired) electrons. The van der Waals surface area contributed by atoms with Gasteiger partial charge < -0.3 is 15.4 Å². The van der Waals surface area contributed by atoms with Crippen LogP contribution in [-0.4, -0.2) is 49.2 Å². The van der Waals surface area contributed by atoms with Crippen molar-refractivity contribution in [1.82, 2.24) is 0 Å². The molecule has 0 aliphatic carbocycles. The van der Waals surface area contributed by atoms with E-state index in [0.29, 0.717) is 30.4 Å². The van der Waals surface area contributed by atoms with Crippen LogP contribution in [0.25, 0.3) is 0 Å². The number of nitrogens with zero attached hydrogens (tertiary/aromatic N) is 1. The van der Waals surface area contributed by atoms with Gasteiger partial charge in [-0.3, -0.25) is 9.59 Å². The van der Waals surface area contributed by atoms with Crippen LogP contribution in [-0.2, 0) is 27.2 Å². The lowest BCUT2D eigenvalue weighted by molar-refractivity contribution is -0.149. The van der Waals surface area contributed by atoms with Crippen molar-refractivity contribution < 1.29 is 25.6 Å². The van der Waals surface area contributed by atoms with Crippen molar-refractivity contribution in [3.05, 3.63) is 65.5 Å². The minimum atomic E-state index is -3.25. The monoisotopic (exact) mass is 537 g/mol. The third kappa shape index (κ3) is 9.79. The molecule has 0 heterocycles. The first-order valence-electron chi connectivity index (χ1n) is 13.0. The van der Waals surface area contributed by atoms with Crippen molar-refractivity contribution in [3.63, 3.8) is 0 Å². The van der Waals surface area contributed by atoms with Gasteiger partial charge in [-0.25, -0.2) is 4.39 Å². The number of ketones is 1. The van der Waals surface area contributed by atoms with Crippen LogP contribution in [0.4, 0.5) is 10.1 Å². The number of halogens is 4. The van der Waals surface area contributed by atoms with Crippen molar-refractivity contribution >= 4 is 53.0 Å². The number of alkyl halides is 2. The second-order valence-electron chi connectivity index (χ2n) is 7.56. The molecule has 0 saturated heterocycles. The first-order chi connectivity index (χ1) is 17.8. The van der Waals surface area contributed by atoms with Crippen LogP contribution >= 0.6 is 35.6 Å². The average Bonchev–Trinajstić information content (AvgIpc) is 2.84. The van der Waals surface area contributed by atoms with E-state index >= 15 is 0 Å². The summed E-state index contributed by atoms with van der Waals surface area (Å²) < 4.78 is 55.0. The lowest BCUT2D eigenvalue weighted by atomic mass is 9.90.